The Labute approximate surface area is 172 Å². The van der Waals surface area contributed by atoms with E-state index < -0.39 is 5.91 Å². The predicted molar refractivity (Wildman–Crippen MR) is 114 cm³/mol. The highest BCUT2D eigenvalue weighted by atomic mass is 16.5. The summed E-state index contributed by atoms with van der Waals surface area (Å²) in [6, 6.07) is 13.9. The Bertz CT molecular complexity index is 862. The molecule has 6 heteroatoms. The van der Waals surface area contributed by atoms with Crippen molar-refractivity contribution in [1.29, 1.82) is 0 Å². The lowest BCUT2D eigenvalue weighted by Crippen LogP contribution is -2.39. The summed E-state index contributed by atoms with van der Waals surface area (Å²) in [7, 11) is 0. The molecule has 0 saturated heterocycles. The van der Waals surface area contributed by atoms with Crippen LogP contribution < -0.4 is 20.7 Å². The smallest absolute Gasteiger partial charge is 0.255 e. The van der Waals surface area contributed by atoms with Gasteiger partial charge in [0.25, 0.3) is 5.91 Å². The molecular weight excluding hydrogens is 366 g/mol. The van der Waals surface area contributed by atoms with Crippen LogP contribution >= 0.6 is 0 Å². The molecule has 1 heterocycles. The van der Waals surface area contributed by atoms with Crippen LogP contribution in [0.5, 0.6) is 5.75 Å². The number of ether oxygens (including phenoxy) is 1. The number of nitrogens with one attached hydrogen (secondary N) is 1. The first-order valence-corrected chi connectivity index (χ1v) is 10.1. The molecule has 0 radical (unpaired) electrons. The van der Waals surface area contributed by atoms with Crippen LogP contribution in [0.2, 0.25) is 0 Å². The average molecular weight is 396 g/mol. The first-order chi connectivity index (χ1) is 13.9. The number of carbonyl (C=O) groups is 2. The molecule has 3 rings (SSSR count). The lowest BCUT2D eigenvalue weighted by molar-refractivity contribution is -0.120. The van der Waals surface area contributed by atoms with Gasteiger partial charge in [-0.3, -0.25) is 9.59 Å². The highest BCUT2D eigenvalue weighted by Gasteiger charge is 2.19. The summed E-state index contributed by atoms with van der Waals surface area (Å²) >= 11 is 0. The van der Waals surface area contributed by atoms with E-state index in [0.717, 1.165) is 24.9 Å². The van der Waals surface area contributed by atoms with Crippen LogP contribution in [0.1, 0.15) is 42.9 Å². The molecule has 29 heavy (non-hydrogen) atoms. The zero-order valence-electron chi connectivity index (χ0n) is 17.1. The molecule has 154 valence electrons. The number of fused-ring (bicyclic) bond motifs is 1. The number of carbonyl (C=O) groups excluding carboxylic acids is 2. The summed E-state index contributed by atoms with van der Waals surface area (Å²) in [5.41, 5.74) is 9.88. The summed E-state index contributed by atoms with van der Waals surface area (Å²) in [5.74, 6) is 0.567. The minimum Gasteiger partial charge on any atom is -0.484 e. The lowest BCUT2D eigenvalue weighted by Gasteiger charge is -2.31. The second kappa shape index (κ2) is 9.45. The Balaban J connectivity index is 1.53. The largest absolute Gasteiger partial charge is 0.484 e. The van der Waals surface area contributed by atoms with Crippen molar-refractivity contribution in [3.05, 3.63) is 59.2 Å². The summed E-state index contributed by atoms with van der Waals surface area (Å²) in [6.45, 7) is 5.95. The summed E-state index contributed by atoms with van der Waals surface area (Å²) in [5, 5.41) is 2.98. The number of rotatable bonds is 8. The summed E-state index contributed by atoms with van der Waals surface area (Å²) < 4.78 is 5.24. The fraction of sp³-hybridized carbons (Fsp3) is 0.391. The van der Waals surface area contributed by atoms with Crippen LogP contribution in [0.25, 0.3) is 0 Å². The van der Waals surface area contributed by atoms with Crippen molar-refractivity contribution >= 4 is 17.5 Å². The van der Waals surface area contributed by atoms with E-state index in [1.54, 1.807) is 12.1 Å². The van der Waals surface area contributed by atoms with E-state index in [9.17, 15) is 9.59 Å². The second-order valence-corrected chi connectivity index (χ2v) is 7.74. The minimum atomic E-state index is -0.513. The molecule has 2 amide bonds. The molecule has 0 aliphatic carbocycles. The van der Waals surface area contributed by atoms with Gasteiger partial charge in [-0.2, -0.15) is 0 Å². The maximum Gasteiger partial charge on any atom is 0.255 e. The highest BCUT2D eigenvalue weighted by Crippen LogP contribution is 2.30. The van der Waals surface area contributed by atoms with Gasteiger partial charge >= 0.3 is 0 Å². The standard InChI is InChI=1S/C23H29N3O3/c1-16(2)18-7-10-21-19(12-18)4-3-11-26(21)14-23(28)25-13-17-5-8-20(9-6-17)29-15-22(24)27/h5-10,12,16H,3-4,11,13-15H2,1-2H3,(H2,24,27)(H,25,28). The van der Waals surface area contributed by atoms with E-state index in [2.05, 4.69) is 42.3 Å². The number of primary amides is 1. The van der Waals surface area contributed by atoms with E-state index in [4.69, 9.17) is 10.5 Å². The number of amides is 2. The maximum absolute atomic E-state index is 12.5. The van der Waals surface area contributed by atoms with E-state index in [1.165, 1.54) is 16.8 Å². The van der Waals surface area contributed by atoms with Gasteiger partial charge < -0.3 is 20.7 Å². The van der Waals surface area contributed by atoms with E-state index in [1.807, 2.05) is 12.1 Å². The zero-order valence-corrected chi connectivity index (χ0v) is 17.1. The van der Waals surface area contributed by atoms with Gasteiger partial charge in [-0.25, -0.2) is 0 Å². The van der Waals surface area contributed by atoms with Crippen LogP contribution in [0, 0.1) is 0 Å². The van der Waals surface area contributed by atoms with Crippen molar-refractivity contribution in [2.75, 3.05) is 24.6 Å². The number of nitrogens with two attached hydrogens (primary N) is 1. The Kier molecular flexibility index (Phi) is 6.75. The van der Waals surface area contributed by atoms with Gasteiger partial charge in [0.1, 0.15) is 5.75 Å². The number of hydrogen-bond acceptors (Lipinski definition) is 4. The quantitative estimate of drug-likeness (QED) is 0.720. The molecule has 0 aromatic heterocycles. The molecule has 6 nitrogen and oxygen atoms in total. The topological polar surface area (TPSA) is 84.7 Å². The van der Waals surface area contributed by atoms with E-state index >= 15 is 0 Å². The Morgan fingerprint density at radius 1 is 1.17 bits per heavy atom. The third kappa shape index (κ3) is 5.73. The van der Waals surface area contributed by atoms with Crippen molar-refractivity contribution in [1.82, 2.24) is 5.32 Å². The molecule has 3 N–H and O–H groups in total. The van der Waals surface area contributed by atoms with Crippen LogP contribution in [0.3, 0.4) is 0 Å². The third-order valence-corrected chi connectivity index (χ3v) is 5.11. The molecule has 0 bridgehead atoms. The Morgan fingerprint density at radius 2 is 1.93 bits per heavy atom. The molecule has 2 aromatic carbocycles. The Morgan fingerprint density at radius 3 is 2.62 bits per heavy atom. The molecule has 2 aromatic rings. The van der Waals surface area contributed by atoms with Crippen LogP contribution in [0.4, 0.5) is 5.69 Å². The van der Waals surface area contributed by atoms with Crippen LogP contribution in [-0.2, 0) is 22.6 Å². The van der Waals surface area contributed by atoms with Gasteiger partial charge in [0.2, 0.25) is 5.91 Å². The first-order valence-electron chi connectivity index (χ1n) is 10.1. The van der Waals surface area contributed by atoms with Gasteiger partial charge in [0, 0.05) is 18.8 Å². The zero-order chi connectivity index (χ0) is 20.8. The molecule has 0 fully saturated rings. The molecular formula is C23H29N3O3. The molecule has 0 saturated carbocycles. The number of aryl methyl sites for hydroxylation is 1. The van der Waals surface area contributed by atoms with Gasteiger partial charge in [0.15, 0.2) is 6.61 Å². The second-order valence-electron chi connectivity index (χ2n) is 7.74. The number of hydrogen-bond donors (Lipinski definition) is 2. The van der Waals surface area contributed by atoms with Crippen molar-refractivity contribution in [2.45, 2.75) is 39.2 Å². The van der Waals surface area contributed by atoms with E-state index in [-0.39, 0.29) is 12.5 Å². The van der Waals surface area contributed by atoms with Gasteiger partial charge in [-0.1, -0.05) is 38.1 Å². The fourth-order valence-corrected chi connectivity index (χ4v) is 3.51. The summed E-state index contributed by atoms with van der Waals surface area (Å²) in [4.78, 5) is 25.4. The van der Waals surface area contributed by atoms with Crippen LogP contribution in [-0.4, -0.2) is 31.5 Å². The molecule has 0 atom stereocenters. The van der Waals surface area contributed by atoms with Gasteiger partial charge in [-0.05, 0) is 53.6 Å². The lowest BCUT2D eigenvalue weighted by atomic mass is 9.95. The Hall–Kier alpha value is -3.02. The minimum absolute atomic E-state index is 0.000147. The summed E-state index contributed by atoms with van der Waals surface area (Å²) in [6.07, 6.45) is 2.13. The monoisotopic (exact) mass is 395 g/mol. The van der Waals surface area contributed by atoms with E-state index in [0.29, 0.717) is 24.8 Å². The van der Waals surface area contributed by atoms with Gasteiger partial charge in [-0.15, -0.1) is 0 Å². The van der Waals surface area contributed by atoms with Crippen LogP contribution in [0.15, 0.2) is 42.5 Å². The molecule has 1 aliphatic rings. The van der Waals surface area contributed by atoms with Crippen molar-refractivity contribution < 1.29 is 14.3 Å². The number of benzene rings is 2. The average Bonchev–Trinajstić information content (AvgIpc) is 2.71. The fourth-order valence-electron chi connectivity index (χ4n) is 3.51. The SMILES string of the molecule is CC(C)c1ccc2c(c1)CCCN2CC(=O)NCc1ccc(OCC(N)=O)cc1. The predicted octanol–water partition coefficient (Wildman–Crippen LogP) is 2.74. The molecule has 1 aliphatic heterocycles. The number of nitrogens with zero attached hydrogens (tertiary/aromatic N) is 1. The van der Waals surface area contributed by atoms with Crippen molar-refractivity contribution in [3.8, 4) is 5.75 Å². The molecule has 0 spiro atoms. The third-order valence-electron chi connectivity index (χ3n) is 5.11. The maximum atomic E-state index is 12.5. The van der Waals surface area contributed by atoms with Gasteiger partial charge in [0.05, 0.1) is 6.54 Å². The van der Waals surface area contributed by atoms with Crippen molar-refractivity contribution in [2.24, 2.45) is 5.73 Å². The normalized spacial score (nSPS) is 13.1. The first kappa shape index (κ1) is 20.7. The number of anilines is 1. The van der Waals surface area contributed by atoms with Crippen molar-refractivity contribution in [3.63, 3.8) is 0 Å². The molecule has 0 unspecified atom stereocenters. The highest BCUT2D eigenvalue weighted by molar-refractivity contribution is 5.82.